The van der Waals surface area contributed by atoms with Crippen molar-refractivity contribution in [1.29, 1.82) is 0 Å². The van der Waals surface area contributed by atoms with Crippen molar-refractivity contribution in [2.75, 3.05) is 20.2 Å². The van der Waals surface area contributed by atoms with Crippen molar-refractivity contribution in [3.63, 3.8) is 0 Å². The van der Waals surface area contributed by atoms with Crippen molar-refractivity contribution in [3.05, 3.63) is 59.7 Å². The van der Waals surface area contributed by atoms with Crippen molar-refractivity contribution in [2.24, 2.45) is 0 Å². The van der Waals surface area contributed by atoms with Crippen LogP contribution in [0, 0.1) is 6.92 Å². The number of aryl methyl sites for hydroxylation is 1. The fourth-order valence-electron chi connectivity index (χ4n) is 3.52. The normalized spacial score (nSPS) is 14.7. The molecule has 0 unspecified atom stereocenters. The quantitative estimate of drug-likeness (QED) is 0.654. The Hall–Kier alpha value is -2.59. The lowest BCUT2D eigenvalue weighted by molar-refractivity contribution is 0.320. The molecule has 4 nitrogen and oxygen atoms in total. The zero-order valence-corrected chi connectivity index (χ0v) is 15.4. The molecule has 1 aliphatic rings. The van der Waals surface area contributed by atoms with Crippen molar-refractivity contribution in [1.82, 2.24) is 9.88 Å². The molecule has 4 rings (SSSR count). The number of benzene rings is 2. The van der Waals surface area contributed by atoms with Crippen LogP contribution in [0.2, 0.25) is 0 Å². The lowest BCUT2D eigenvalue weighted by Crippen LogP contribution is -2.18. The second-order valence-electron chi connectivity index (χ2n) is 6.86. The average Bonchev–Trinajstić information content (AvgIpc) is 3.16. The Morgan fingerprint density at radius 3 is 2.65 bits per heavy atom. The maximum Gasteiger partial charge on any atom is 0.222 e. The van der Waals surface area contributed by atoms with E-state index >= 15 is 0 Å². The third kappa shape index (κ3) is 3.51. The number of rotatable bonds is 5. The molecule has 0 spiro atoms. The molecule has 2 heterocycles. The standard InChI is InChI=1S/C22H24N2O2/c1-16-13-17-7-3-4-8-20(17)23-22(16)26-19-10-9-18(21(14-19)25-2)15-24-11-5-6-12-24/h3-4,7-10,13-14H,5-6,11-12,15H2,1-2H3. The first-order valence-corrected chi connectivity index (χ1v) is 9.16. The van der Waals surface area contributed by atoms with Gasteiger partial charge in [-0.15, -0.1) is 0 Å². The van der Waals surface area contributed by atoms with E-state index in [-0.39, 0.29) is 0 Å². The van der Waals surface area contributed by atoms with Gasteiger partial charge in [-0.25, -0.2) is 4.98 Å². The average molecular weight is 348 g/mol. The van der Waals surface area contributed by atoms with Gasteiger partial charge < -0.3 is 9.47 Å². The van der Waals surface area contributed by atoms with Crippen LogP contribution in [0.1, 0.15) is 24.0 Å². The number of nitrogens with zero attached hydrogens (tertiary/aromatic N) is 2. The van der Waals surface area contributed by atoms with Gasteiger partial charge in [-0.1, -0.05) is 24.3 Å². The highest BCUT2D eigenvalue weighted by molar-refractivity contribution is 5.80. The second kappa shape index (κ2) is 7.34. The van der Waals surface area contributed by atoms with Gasteiger partial charge in [-0.2, -0.15) is 0 Å². The lowest BCUT2D eigenvalue weighted by Gasteiger charge is -2.18. The minimum Gasteiger partial charge on any atom is -0.496 e. The van der Waals surface area contributed by atoms with Crippen LogP contribution in [0.15, 0.2) is 48.5 Å². The number of pyridine rings is 1. The van der Waals surface area contributed by atoms with Gasteiger partial charge in [0.25, 0.3) is 0 Å². The van der Waals surface area contributed by atoms with Crippen LogP contribution in [0.3, 0.4) is 0 Å². The molecular weight excluding hydrogens is 324 g/mol. The molecule has 1 saturated heterocycles. The summed E-state index contributed by atoms with van der Waals surface area (Å²) in [6.45, 7) is 5.29. The Bertz CT molecular complexity index is 917. The maximum atomic E-state index is 6.08. The number of para-hydroxylation sites is 1. The van der Waals surface area contributed by atoms with Gasteiger partial charge in [0.1, 0.15) is 11.5 Å². The number of hydrogen-bond acceptors (Lipinski definition) is 4. The monoisotopic (exact) mass is 348 g/mol. The van der Waals surface area contributed by atoms with E-state index in [1.807, 2.05) is 37.3 Å². The topological polar surface area (TPSA) is 34.6 Å². The summed E-state index contributed by atoms with van der Waals surface area (Å²) in [6, 6.07) is 16.3. The summed E-state index contributed by atoms with van der Waals surface area (Å²) in [5.41, 5.74) is 3.15. The van der Waals surface area contributed by atoms with E-state index in [4.69, 9.17) is 9.47 Å². The van der Waals surface area contributed by atoms with E-state index in [0.29, 0.717) is 5.88 Å². The first kappa shape index (κ1) is 16.9. The maximum absolute atomic E-state index is 6.08. The van der Waals surface area contributed by atoms with Gasteiger partial charge in [-0.05, 0) is 51.1 Å². The highest BCUT2D eigenvalue weighted by Crippen LogP contribution is 2.31. The van der Waals surface area contributed by atoms with Gasteiger partial charge in [0, 0.05) is 29.1 Å². The van der Waals surface area contributed by atoms with Crippen LogP contribution >= 0.6 is 0 Å². The summed E-state index contributed by atoms with van der Waals surface area (Å²) in [7, 11) is 1.71. The largest absolute Gasteiger partial charge is 0.496 e. The highest BCUT2D eigenvalue weighted by Gasteiger charge is 2.15. The summed E-state index contributed by atoms with van der Waals surface area (Å²) in [6.07, 6.45) is 2.58. The van der Waals surface area contributed by atoms with Gasteiger partial charge >= 0.3 is 0 Å². The fraction of sp³-hybridized carbons (Fsp3) is 0.318. The molecule has 1 aromatic heterocycles. The molecule has 0 aliphatic carbocycles. The van der Waals surface area contributed by atoms with E-state index in [1.54, 1.807) is 7.11 Å². The number of fused-ring (bicyclic) bond motifs is 1. The molecule has 134 valence electrons. The molecule has 2 aromatic carbocycles. The zero-order chi connectivity index (χ0) is 17.9. The lowest BCUT2D eigenvalue weighted by atomic mass is 10.1. The van der Waals surface area contributed by atoms with Crippen LogP contribution < -0.4 is 9.47 Å². The molecule has 4 heteroatoms. The van der Waals surface area contributed by atoms with E-state index in [2.05, 4.69) is 28.1 Å². The number of aromatic nitrogens is 1. The molecule has 26 heavy (non-hydrogen) atoms. The molecule has 1 aliphatic heterocycles. The Morgan fingerprint density at radius 1 is 1.04 bits per heavy atom. The third-order valence-corrected chi connectivity index (χ3v) is 4.93. The molecule has 0 atom stereocenters. The third-order valence-electron chi connectivity index (χ3n) is 4.93. The molecule has 0 N–H and O–H groups in total. The first-order chi connectivity index (χ1) is 12.7. The number of hydrogen-bond donors (Lipinski definition) is 0. The summed E-state index contributed by atoms with van der Waals surface area (Å²) < 4.78 is 11.7. The van der Waals surface area contributed by atoms with E-state index in [9.17, 15) is 0 Å². The summed E-state index contributed by atoms with van der Waals surface area (Å²) >= 11 is 0. The zero-order valence-electron chi connectivity index (χ0n) is 15.4. The van der Waals surface area contributed by atoms with Crippen LogP contribution in [-0.4, -0.2) is 30.1 Å². The van der Waals surface area contributed by atoms with Gasteiger partial charge in [0.15, 0.2) is 0 Å². The number of ether oxygens (including phenoxy) is 2. The highest BCUT2D eigenvalue weighted by atomic mass is 16.5. The van der Waals surface area contributed by atoms with E-state index in [1.165, 1.54) is 31.5 Å². The van der Waals surface area contributed by atoms with Crippen LogP contribution in [0.5, 0.6) is 17.4 Å². The smallest absolute Gasteiger partial charge is 0.222 e. The SMILES string of the molecule is COc1cc(Oc2nc3ccccc3cc2C)ccc1CN1CCCC1. The van der Waals surface area contributed by atoms with Gasteiger partial charge in [-0.3, -0.25) is 4.90 Å². The van der Waals surface area contributed by atoms with E-state index in [0.717, 1.165) is 34.5 Å². The minimum absolute atomic E-state index is 0.637. The van der Waals surface area contributed by atoms with Crippen molar-refractivity contribution >= 4 is 10.9 Å². The molecule has 0 bridgehead atoms. The minimum atomic E-state index is 0.637. The molecule has 0 radical (unpaired) electrons. The molecule has 1 fully saturated rings. The summed E-state index contributed by atoms with van der Waals surface area (Å²) in [5.74, 6) is 2.25. The van der Waals surface area contributed by atoms with E-state index < -0.39 is 0 Å². The van der Waals surface area contributed by atoms with Crippen LogP contribution in [0.4, 0.5) is 0 Å². The van der Waals surface area contributed by atoms with Crippen LogP contribution in [0.25, 0.3) is 10.9 Å². The Balaban J connectivity index is 1.59. The predicted molar refractivity (Wildman–Crippen MR) is 104 cm³/mol. The van der Waals surface area contributed by atoms with Crippen molar-refractivity contribution in [3.8, 4) is 17.4 Å². The molecule has 0 amide bonds. The Labute approximate surface area is 154 Å². The summed E-state index contributed by atoms with van der Waals surface area (Å²) in [5, 5.41) is 1.12. The Kier molecular flexibility index (Phi) is 4.76. The number of methoxy groups -OCH3 is 1. The first-order valence-electron chi connectivity index (χ1n) is 9.16. The fourth-order valence-corrected chi connectivity index (χ4v) is 3.52. The predicted octanol–water partition coefficient (Wildman–Crippen LogP) is 4.94. The Morgan fingerprint density at radius 2 is 1.85 bits per heavy atom. The van der Waals surface area contributed by atoms with Gasteiger partial charge in [0.2, 0.25) is 5.88 Å². The molecule has 3 aromatic rings. The van der Waals surface area contributed by atoms with Crippen LogP contribution in [-0.2, 0) is 6.54 Å². The molecular formula is C22H24N2O2. The van der Waals surface area contributed by atoms with Gasteiger partial charge in [0.05, 0.1) is 12.6 Å². The van der Waals surface area contributed by atoms with Crippen molar-refractivity contribution in [2.45, 2.75) is 26.3 Å². The summed E-state index contributed by atoms with van der Waals surface area (Å²) in [4.78, 5) is 7.13. The number of likely N-dealkylation sites (tertiary alicyclic amines) is 1. The van der Waals surface area contributed by atoms with Crippen molar-refractivity contribution < 1.29 is 9.47 Å². The molecule has 0 saturated carbocycles. The second-order valence-corrected chi connectivity index (χ2v) is 6.86.